The first kappa shape index (κ1) is 25.2. The Balaban J connectivity index is 1.28. The summed E-state index contributed by atoms with van der Waals surface area (Å²) < 4.78 is 54.5. The van der Waals surface area contributed by atoms with E-state index in [4.69, 9.17) is 0 Å². The van der Waals surface area contributed by atoms with Gasteiger partial charge in [0.05, 0.1) is 29.8 Å². The molecule has 2 aromatic rings. The molecular formula is C25H26F4N4O4. The van der Waals surface area contributed by atoms with Crippen LogP contribution in [0.4, 0.5) is 17.6 Å². The van der Waals surface area contributed by atoms with Crippen molar-refractivity contribution in [2.75, 3.05) is 26.2 Å². The summed E-state index contributed by atoms with van der Waals surface area (Å²) in [4.78, 5) is 41.0. The minimum absolute atomic E-state index is 0.0184. The van der Waals surface area contributed by atoms with Gasteiger partial charge in [-0.3, -0.25) is 19.1 Å². The van der Waals surface area contributed by atoms with Crippen molar-refractivity contribution in [3.63, 3.8) is 0 Å². The Kier molecular flexibility index (Phi) is 5.65. The van der Waals surface area contributed by atoms with Crippen molar-refractivity contribution >= 4 is 17.8 Å². The lowest BCUT2D eigenvalue weighted by Gasteiger charge is -2.50. The zero-order valence-electron chi connectivity index (χ0n) is 20.3. The van der Waals surface area contributed by atoms with E-state index in [9.17, 15) is 37.1 Å². The van der Waals surface area contributed by atoms with E-state index in [-0.39, 0.29) is 61.1 Å². The number of carboxylic acid groups (broad SMARTS) is 1. The quantitative estimate of drug-likeness (QED) is 0.609. The average Bonchev–Trinajstić information content (AvgIpc) is 3.14. The van der Waals surface area contributed by atoms with Gasteiger partial charge in [-0.05, 0) is 29.5 Å². The molecule has 3 aliphatic rings. The Morgan fingerprint density at radius 3 is 2.35 bits per heavy atom. The standard InChI is InChI=1S/C25H26F4N4O4/c1-23(2)6-18(23)21(35)32-12-24(13-32)11-31(10-19(24)22(36)37)20(34)15-7-30-33(9-15)8-14-3-4-16(26)5-17(14)25(27,28)29/h3-5,7,9,18-19H,6,8,10-13H2,1-2H3,(H,36,37)/t18-,19?/m1/s1. The number of likely N-dealkylation sites (tertiary alicyclic amines) is 2. The summed E-state index contributed by atoms with van der Waals surface area (Å²) in [5.74, 6) is -3.42. The maximum absolute atomic E-state index is 13.4. The maximum Gasteiger partial charge on any atom is 0.416 e. The maximum atomic E-state index is 13.4. The van der Waals surface area contributed by atoms with Crippen LogP contribution in [0.15, 0.2) is 30.6 Å². The Morgan fingerprint density at radius 1 is 1.11 bits per heavy atom. The van der Waals surface area contributed by atoms with E-state index in [0.29, 0.717) is 6.07 Å². The first-order chi connectivity index (χ1) is 17.2. The SMILES string of the molecule is CC1(C)C[C@@H]1C(=O)N1CC2(CN(C(=O)c3cnn(Cc4ccc(F)cc4C(F)(F)F)c3)CC2C(=O)O)C1. The third-order valence-corrected chi connectivity index (χ3v) is 7.96. The van der Waals surface area contributed by atoms with Gasteiger partial charge in [0.15, 0.2) is 0 Å². The molecule has 0 radical (unpaired) electrons. The normalized spacial score (nSPS) is 23.7. The van der Waals surface area contributed by atoms with Crippen LogP contribution in [0, 0.1) is 28.5 Å². The number of benzene rings is 1. The minimum atomic E-state index is -4.76. The molecule has 8 nitrogen and oxygen atoms in total. The number of halogens is 4. The van der Waals surface area contributed by atoms with Crippen LogP contribution >= 0.6 is 0 Å². The van der Waals surface area contributed by atoms with Gasteiger partial charge in [0.1, 0.15) is 5.82 Å². The molecule has 1 spiro atoms. The highest BCUT2D eigenvalue weighted by molar-refractivity contribution is 5.94. The zero-order chi connectivity index (χ0) is 26.9. The predicted octanol–water partition coefficient (Wildman–Crippen LogP) is 3.12. The second kappa shape index (κ2) is 8.29. The molecule has 12 heteroatoms. The Morgan fingerprint density at radius 2 is 1.76 bits per heavy atom. The zero-order valence-corrected chi connectivity index (χ0v) is 20.3. The number of carboxylic acids is 1. The van der Waals surface area contributed by atoms with E-state index < -0.39 is 40.8 Å². The number of amides is 2. The molecule has 3 heterocycles. The van der Waals surface area contributed by atoms with Crippen LogP contribution in [0.1, 0.15) is 41.8 Å². The second-order valence-electron chi connectivity index (χ2n) is 11.1. The summed E-state index contributed by atoms with van der Waals surface area (Å²) in [6.45, 7) is 4.35. The summed E-state index contributed by atoms with van der Waals surface area (Å²) in [6, 6.07) is 2.36. The van der Waals surface area contributed by atoms with Crippen molar-refractivity contribution in [2.45, 2.75) is 33.0 Å². The van der Waals surface area contributed by atoms with Crippen molar-refractivity contribution in [3.8, 4) is 0 Å². The van der Waals surface area contributed by atoms with E-state index >= 15 is 0 Å². The molecule has 2 aliphatic heterocycles. The van der Waals surface area contributed by atoms with Crippen molar-refractivity contribution < 1.29 is 37.1 Å². The fraction of sp³-hybridized carbons (Fsp3) is 0.520. The number of rotatable bonds is 5. The molecule has 5 rings (SSSR count). The lowest BCUT2D eigenvalue weighted by molar-refractivity contribution is -0.158. The van der Waals surface area contributed by atoms with Crippen LogP contribution in [-0.4, -0.2) is 68.6 Å². The molecule has 2 amide bonds. The van der Waals surface area contributed by atoms with E-state index in [1.165, 1.54) is 17.3 Å². The van der Waals surface area contributed by atoms with E-state index in [2.05, 4.69) is 5.10 Å². The van der Waals surface area contributed by atoms with Crippen molar-refractivity contribution in [1.29, 1.82) is 0 Å². The lowest BCUT2D eigenvalue weighted by Crippen LogP contribution is -2.63. The monoisotopic (exact) mass is 522 g/mol. The summed E-state index contributed by atoms with van der Waals surface area (Å²) in [6.07, 6.45) is -1.45. The summed E-state index contributed by atoms with van der Waals surface area (Å²) in [5, 5.41) is 13.8. The smallest absolute Gasteiger partial charge is 0.416 e. The molecule has 37 heavy (non-hydrogen) atoms. The molecule has 1 N–H and O–H groups in total. The van der Waals surface area contributed by atoms with Crippen LogP contribution in [0.2, 0.25) is 0 Å². The topological polar surface area (TPSA) is 95.7 Å². The Bertz CT molecular complexity index is 1280. The van der Waals surface area contributed by atoms with Crippen LogP contribution in [0.25, 0.3) is 0 Å². The number of aliphatic carboxylic acids is 1. The average molecular weight is 522 g/mol. The van der Waals surface area contributed by atoms with Gasteiger partial charge in [-0.1, -0.05) is 19.9 Å². The fourth-order valence-corrected chi connectivity index (χ4v) is 5.63. The van der Waals surface area contributed by atoms with E-state index in [1.807, 2.05) is 13.8 Å². The van der Waals surface area contributed by atoms with Gasteiger partial charge in [0, 0.05) is 43.7 Å². The highest BCUT2D eigenvalue weighted by atomic mass is 19.4. The van der Waals surface area contributed by atoms with Gasteiger partial charge in [-0.15, -0.1) is 0 Å². The predicted molar refractivity (Wildman–Crippen MR) is 121 cm³/mol. The van der Waals surface area contributed by atoms with Crippen LogP contribution in [0.5, 0.6) is 0 Å². The molecule has 0 bridgehead atoms. The van der Waals surface area contributed by atoms with Crippen molar-refractivity contribution in [2.24, 2.45) is 22.7 Å². The number of aromatic nitrogens is 2. The molecule has 1 saturated carbocycles. The van der Waals surface area contributed by atoms with Gasteiger partial charge in [0.2, 0.25) is 5.91 Å². The highest BCUT2D eigenvalue weighted by Crippen LogP contribution is 2.54. The Hall–Kier alpha value is -3.44. The van der Waals surface area contributed by atoms with Crippen molar-refractivity contribution in [1.82, 2.24) is 19.6 Å². The van der Waals surface area contributed by atoms with Gasteiger partial charge >= 0.3 is 12.1 Å². The number of nitrogens with zero attached hydrogens (tertiary/aromatic N) is 4. The van der Waals surface area contributed by atoms with E-state index in [1.54, 1.807) is 4.90 Å². The molecular weight excluding hydrogens is 496 g/mol. The number of alkyl halides is 3. The van der Waals surface area contributed by atoms with Gasteiger partial charge in [-0.2, -0.15) is 18.3 Å². The molecule has 2 saturated heterocycles. The third kappa shape index (κ3) is 4.46. The Labute approximate surface area is 209 Å². The molecule has 1 aliphatic carbocycles. The van der Waals surface area contributed by atoms with Gasteiger partial charge < -0.3 is 14.9 Å². The molecule has 3 fully saturated rings. The first-order valence-corrected chi connectivity index (χ1v) is 11.9. The van der Waals surface area contributed by atoms with Crippen LogP contribution in [-0.2, 0) is 22.3 Å². The number of hydrogen-bond acceptors (Lipinski definition) is 4. The molecule has 1 aromatic carbocycles. The second-order valence-corrected chi connectivity index (χ2v) is 11.1. The summed E-state index contributed by atoms with van der Waals surface area (Å²) in [7, 11) is 0. The molecule has 1 aromatic heterocycles. The van der Waals surface area contributed by atoms with Crippen LogP contribution in [0.3, 0.4) is 0 Å². The third-order valence-electron chi connectivity index (χ3n) is 7.96. The highest BCUT2D eigenvalue weighted by Gasteiger charge is 2.62. The first-order valence-electron chi connectivity index (χ1n) is 11.9. The number of hydrogen-bond donors (Lipinski definition) is 1. The number of carbonyl (C=O) groups excluding carboxylic acids is 2. The molecule has 1 unspecified atom stereocenters. The van der Waals surface area contributed by atoms with Gasteiger partial charge in [0.25, 0.3) is 5.91 Å². The summed E-state index contributed by atoms with van der Waals surface area (Å²) in [5.41, 5.74) is -2.01. The lowest BCUT2D eigenvalue weighted by atomic mass is 9.71. The summed E-state index contributed by atoms with van der Waals surface area (Å²) >= 11 is 0. The molecule has 198 valence electrons. The largest absolute Gasteiger partial charge is 0.481 e. The van der Waals surface area contributed by atoms with Gasteiger partial charge in [-0.25, -0.2) is 4.39 Å². The number of carbonyl (C=O) groups is 3. The molecule has 2 atom stereocenters. The van der Waals surface area contributed by atoms with Crippen LogP contribution < -0.4 is 0 Å². The van der Waals surface area contributed by atoms with E-state index in [0.717, 1.165) is 23.2 Å². The minimum Gasteiger partial charge on any atom is -0.481 e. The fourth-order valence-electron chi connectivity index (χ4n) is 5.63. The van der Waals surface area contributed by atoms with Crippen molar-refractivity contribution in [3.05, 3.63) is 53.1 Å².